The molecule has 1 saturated heterocycles. The molecule has 1 aliphatic carbocycles. The number of amides is 3. The molecule has 3 amide bonds. The lowest BCUT2D eigenvalue weighted by molar-refractivity contribution is -0.192. The quantitative estimate of drug-likeness (QED) is 0.152. The van der Waals surface area contributed by atoms with E-state index in [0.717, 1.165) is 79.6 Å². The van der Waals surface area contributed by atoms with Crippen LogP contribution in [0.3, 0.4) is 0 Å². The van der Waals surface area contributed by atoms with E-state index in [-0.39, 0.29) is 11.5 Å². The average molecular weight is 711 g/mol. The Bertz CT molecular complexity index is 1690. The third-order valence-corrected chi connectivity index (χ3v) is 9.24. The number of hydrogen-bond donors (Lipinski definition) is 5. The molecule has 0 spiro atoms. The maximum absolute atomic E-state index is 13.6. The molecule has 0 radical (unpaired) electrons. The van der Waals surface area contributed by atoms with E-state index >= 15 is 0 Å². The first-order chi connectivity index (χ1) is 24.1. The summed E-state index contributed by atoms with van der Waals surface area (Å²) >= 11 is 0. The van der Waals surface area contributed by atoms with Gasteiger partial charge in [-0.3, -0.25) is 9.69 Å². The van der Waals surface area contributed by atoms with Gasteiger partial charge in [-0.1, -0.05) is 67.3 Å². The van der Waals surface area contributed by atoms with Crippen molar-refractivity contribution in [3.63, 3.8) is 0 Å². The number of nitrogens with one attached hydrogen (secondary N) is 3. The molecule has 3 aromatic rings. The van der Waals surface area contributed by atoms with E-state index in [2.05, 4.69) is 45.1 Å². The van der Waals surface area contributed by atoms with Crippen LogP contribution in [-0.4, -0.2) is 64.3 Å². The summed E-state index contributed by atoms with van der Waals surface area (Å²) in [6.45, 7) is 9.09. The van der Waals surface area contributed by atoms with Crippen molar-refractivity contribution in [3.05, 3.63) is 82.4 Å². The Morgan fingerprint density at radius 3 is 1.92 bits per heavy atom. The van der Waals surface area contributed by atoms with Gasteiger partial charge in [0.25, 0.3) is 5.91 Å². The number of urea groups is 1. The first-order valence-corrected chi connectivity index (χ1v) is 17.1. The van der Waals surface area contributed by atoms with Crippen LogP contribution >= 0.6 is 0 Å². The van der Waals surface area contributed by atoms with Crippen molar-refractivity contribution in [2.45, 2.75) is 84.5 Å². The van der Waals surface area contributed by atoms with Crippen molar-refractivity contribution in [2.75, 3.05) is 23.7 Å². The SMILES string of the molecule is Cc1cc(C)c(NC(=O)Nc2cc(-c3ccc(CN4CCCC4)cc3)ccc2C(=O)N[C@H](C(=O)O)C2CCCCC2)c(C)c1.O=C(O)C(F)(F)F. The van der Waals surface area contributed by atoms with E-state index in [1.807, 2.05) is 39.0 Å². The van der Waals surface area contributed by atoms with Crippen molar-refractivity contribution < 1.29 is 42.6 Å². The van der Waals surface area contributed by atoms with Crippen molar-refractivity contribution in [1.82, 2.24) is 10.2 Å². The summed E-state index contributed by atoms with van der Waals surface area (Å²) in [5.74, 6) is -4.43. The Labute approximate surface area is 295 Å². The molecule has 0 aromatic heterocycles. The minimum absolute atomic E-state index is 0.115. The molecule has 51 heavy (non-hydrogen) atoms. The van der Waals surface area contributed by atoms with Crippen molar-refractivity contribution in [3.8, 4) is 11.1 Å². The minimum atomic E-state index is -5.08. The fourth-order valence-corrected chi connectivity index (χ4v) is 6.74. The number of nitrogens with zero attached hydrogens (tertiary/aromatic N) is 1. The van der Waals surface area contributed by atoms with Crippen LogP contribution in [0.1, 0.15) is 77.6 Å². The third kappa shape index (κ3) is 11.0. The van der Waals surface area contributed by atoms with Gasteiger partial charge in [0.05, 0.1) is 11.3 Å². The molecule has 0 bridgehead atoms. The number of carboxylic acid groups (broad SMARTS) is 2. The molecule has 0 unspecified atom stereocenters. The van der Waals surface area contributed by atoms with Gasteiger partial charge < -0.3 is 26.2 Å². The van der Waals surface area contributed by atoms with Crippen molar-refractivity contribution in [2.24, 2.45) is 5.92 Å². The van der Waals surface area contributed by atoms with Crippen molar-refractivity contribution in [1.29, 1.82) is 0 Å². The number of benzene rings is 3. The summed E-state index contributed by atoms with van der Waals surface area (Å²) in [4.78, 5) is 50.5. The van der Waals surface area contributed by atoms with E-state index in [1.54, 1.807) is 12.1 Å². The number of carboxylic acids is 2. The normalized spacial score (nSPS) is 15.6. The zero-order valence-corrected chi connectivity index (χ0v) is 29.0. The fourth-order valence-electron chi connectivity index (χ4n) is 6.74. The molecule has 5 N–H and O–H groups in total. The highest BCUT2D eigenvalue weighted by Crippen LogP contribution is 2.30. The second-order valence-electron chi connectivity index (χ2n) is 13.3. The standard InChI is InChI=1S/C36H44N4O4.C2HF3O2/c1-23-19-24(2)32(25(3)20-23)39-36(44)37-31-21-29(27-13-11-26(12-14-27)22-40-17-7-8-18-40)15-16-30(31)34(41)38-33(35(42)43)28-9-5-4-6-10-28;3-2(4,5)1(6)7/h11-16,19-21,28,33H,4-10,17-18,22H2,1-3H3,(H,38,41)(H,42,43)(H2,37,39,44);(H,6,7)/t33-;/m0./s1. The summed E-state index contributed by atoms with van der Waals surface area (Å²) in [5, 5.41) is 25.7. The van der Waals surface area contributed by atoms with Crippen LogP contribution in [0.5, 0.6) is 0 Å². The molecule has 1 saturated carbocycles. The van der Waals surface area contributed by atoms with Gasteiger partial charge in [0.15, 0.2) is 0 Å². The van der Waals surface area contributed by atoms with E-state index in [0.29, 0.717) is 11.4 Å². The molecular formula is C38H45F3N4O6. The van der Waals surface area contributed by atoms with Crippen molar-refractivity contribution >= 4 is 35.3 Å². The molecular weight excluding hydrogens is 665 g/mol. The predicted octanol–water partition coefficient (Wildman–Crippen LogP) is 7.92. The second-order valence-corrected chi connectivity index (χ2v) is 13.3. The van der Waals surface area contributed by atoms with E-state index in [1.165, 1.54) is 18.4 Å². The number of halogens is 3. The highest BCUT2D eigenvalue weighted by Gasteiger charge is 2.38. The van der Waals surface area contributed by atoms with Crippen LogP contribution in [0, 0.1) is 26.7 Å². The molecule has 1 atom stereocenters. The smallest absolute Gasteiger partial charge is 0.480 e. The van der Waals surface area contributed by atoms with E-state index in [4.69, 9.17) is 9.90 Å². The van der Waals surface area contributed by atoms with Gasteiger partial charge in [-0.05, 0) is 105 Å². The maximum atomic E-state index is 13.6. The minimum Gasteiger partial charge on any atom is -0.480 e. The van der Waals surface area contributed by atoms with Crippen LogP contribution < -0.4 is 16.0 Å². The van der Waals surface area contributed by atoms with Crippen LogP contribution in [0.25, 0.3) is 11.1 Å². The number of rotatable bonds is 9. The van der Waals surface area contributed by atoms with Crippen LogP contribution in [0.15, 0.2) is 54.6 Å². The Kier molecular flexibility index (Phi) is 13.2. The lowest BCUT2D eigenvalue weighted by Gasteiger charge is -2.28. The summed E-state index contributed by atoms with van der Waals surface area (Å²) in [6.07, 6.45) is 1.96. The van der Waals surface area contributed by atoms with E-state index in [9.17, 15) is 32.7 Å². The lowest BCUT2D eigenvalue weighted by Crippen LogP contribution is -2.46. The van der Waals surface area contributed by atoms with Crippen LogP contribution in [0.2, 0.25) is 0 Å². The topological polar surface area (TPSA) is 148 Å². The Morgan fingerprint density at radius 2 is 1.37 bits per heavy atom. The summed E-state index contributed by atoms with van der Waals surface area (Å²) in [5.41, 5.74) is 7.28. The van der Waals surface area contributed by atoms with Gasteiger partial charge in [-0.15, -0.1) is 0 Å². The number of aryl methyl sites for hydroxylation is 3. The number of likely N-dealkylation sites (tertiary alicyclic amines) is 1. The van der Waals surface area contributed by atoms with E-state index < -0.39 is 36.1 Å². The average Bonchev–Trinajstić information content (AvgIpc) is 3.59. The molecule has 3 aromatic carbocycles. The van der Waals surface area contributed by atoms with Gasteiger partial charge >= 0.3 is 24.1 Å². The molecule has 10 nitrogen and oxygen atoms in total. The maximum Gasteiger partial charge on any atom is 0.490 e. The van der Waals surface area contributed by atoms with Crippen LogP contribution in [-0.2, 0) is 16.1 Å². The Morgan fingerprint density at radius 1 is 0.804 bits per heavy atom. The largest absolute Gasteiger partial charge is 0.490 e. The Balaban J connectivity index is 0.000000755. The monoisotopic (exact) mass is 710 g/mol. The molecule has 1 aliphatic heterocycles. The molecule has 1 heterocycles. The number of carbonyl (C=O) groups excluding carboxylic acids is 2. The van der Waals surface area contributed by atoms with Gasteiger partial charge in [0.1, 0.15) is 6.04 Å². The van der Waals surface area contributed by atoms with Crippen LogP contribution in [0.4, 0.5) is 29.3 Å². The third-order valence-electron chi connectivity index (χ3n) is 9.24. The Hall–Kier alpha value is -4.91. The zero-order valence-electron chi connectivity index (χ0n) is 29.0. The molecule has 274 valence electrons. The number of aliphatic carboxylic acids is 2. The van der Waals surface area contributed by atoms with Gasteiger partial charge in [-0.25, -0.2) is 14.4 Å². The van der Waals surface area contributed by atoms with Gasteiger partial charge in [-0.2, -0.15) is 13.2 Å². The number of carbonyl (C=O) groups is 4. The number of anilines is 2. The highest BCUT2D eigenvalue weighted by atomic mass is 19.4. The number of hydrogen-bond acceptors (Lipinski definition) is 5. The second kappa shape index (κ2) is 17.3. The molecule has 2 fully saturated rings. The van der Waals surface area contributed by atoms with Gasteiger partial charge in [0, 0.05) is 12.2 Å². The lowest BCUT2D eigenvalue weighted by atomic mass is 9.83. The summed E-state index contributed by atoms with van der Waals surface area (Å²) in [6, 6.07) is 16.2. The summed E-state index contributed by atoms with van der Waals surface area (Å²) in [7, 11) is 0. The first-order valence-electron chi connectivity index (χ1n) is 17.1. The molecule has 5 rings (SSSR count). The molecule has 13 heteroatoms. The number of alkyl halides is 3. The first kappa shape index (κ1) is 38.9. The predicted molar refractivity (Wildman–Crippen MR) is 189 cm³/mol. The highest BCUT2D eigenvalue weighted by molar-refractivity contribution is 6.08. The molecule has 2 aliphatic rings. The van der Waals surface area contributed by atoms with Gasteiger partial charge in [0.2, 0.25) is 0 Å². The summed E-state index contributed by atoms with van der Waals surface area (Å²) < 4.78 is 31.7. The zero-order chi connectivity index (χ0) is 37.3. The fraction of sp³-hybridized carbons (Fsp3) is 0.421.